The average Bonchev–Trinajstić information content (AvgIpc) is 1.70. The van der Waals surface area contributed by atoms with Crippen LogP contribution in [0.1, 0.15) is 24.1 Å². The van der Waals surface area contributed by atoms with Gasteiger partial charge in [0, 0.05) is 27.1 Å². The van der Waals surface area contributed by atoms with Crippen LogP contribution >= 0.6 is 0 Å². The highest BCUT2D eigenvalue weighted by molar-refractivity contribution is 7.21. The van der Waals surface area contributed by atoms with Crippen LogP contribution in [-0.4, -0.2) is 37.9 Å². The molecule has 0 saturated heterocycles. The van der Waals surface area contributed by atoms with Gasteiger partial charge in [0.15, 0.2) is 35.6 Å². The van der Waals surface area contributed by atoms with Crippen LogP contribution in [0.2, 0.25) is 0 Å². The molecule has 0 amide bonds. The average molecular weight is 1900 g/mol. The van der Waals surface area contributed by atoms with Gasteiger partial charge in [0.25, 0.3) is 0 Å². The summed E-state index contributed by atoms with van der Waals surface area (Å²) in [7, 11) is -8.33. The highest BCUT2D eigenvalue weighted by Crippen LogP contribution is 2.43. The molecule has 21 aromatic carbocycles. The third-order valence-electron chi connectivity index (χ3n) is 28.2. The van der Waals surface area contributed by atoms with Gasteiger partial charge >= 0.3 is 0 Å². The number of benzene rings is 21. The Hall–Kier alpha value is -19.4. The van der Waals surface area contributed by atoms with Crippen LogP contribution in [0.15, 0.2) is 528 Å². The Morgan fingerprint density at radius 1 is 0.200 bits per heavy atom. The van der Waals surface area contributed by atoms with E-state index in [-0.39, 0.29) is 7.43 Å². The van der Waals surface area contributed by atoms with E-state index in [4.69, 9.17) is 19.7 Å². The predicted molar refractivity (Wildman–Crippen MR) is 609 cm³/mol. The number of nitriles is 3. The monoisotopic (exact) mass is 1900 g/mol. The topological polar surface area (TPSA) is 99.2 Å². The highest BCUT2D eigenvalue weighted by Gasteiger charge is 2.46. The molecule has 24 rings (SSSR count). The van der Waals surface area contributed by atoms with Crippen LogP contribution < -0.4 is 62.2 Å². The minimum atomic E-state index is -3.00. The first kappa shape index (κ1) is 92.0. The van der Waals surface area contributed by atoms with E-state index in [1.807, 2.05) is 97.1 Å². The fraction of sp³-hybridized carbons (Fsp3) is 0.00752. The molecule has 0 aliphatic heterocycles. The number of nitrogens with zero attached hydrogens (tertiary/aromatic N) is 9. The molecular weight excluding hydrogens is 1810 g/mol. The van der Waals surface area contributed by atoms with Crippen LogP contribution in [0.3, 0.4) is 0 Å². The van der Waals surface area contributed by atoms with Gasteiger partial charge in [-0.3, -0.25) is 0 Å². The number of hydrogen-bond donors (Lipinski definition) is 0. The lowest BCUT2D eigenvalue weighted by Crippen LogP contribution is -2.75. The quantitative estimate of drug-likeness (QED) is 0.0486. The molecule has 0 atom stereocenters. The summed E-state index contributed by atoms with van der Waals surface area (Å²) in [6.45, 7) is 23.2. The van der Waals surface area contributed by atoms with Crippen LogP contribution in [0.4, 0.5) is 17.1 Å². The fourth-order valence-electron chi connectivity index (χ4n) is 21.9. The van der Waals surface area contributed by atoms with Crippen LogP contribution in [0.25, 0.3) is 130 Å². The molecule has 0 bridgehead atoms. The van der Waals surface area contributed by atoms with Gasteiger partial charge in [0.2, 0.25) is 5.69 Å². The van der Waals surface area contributed by atoms with Crippen molar-refractivity contribution >= 4 is 169 Å². The first-order chi connectivity index (χ1) is 71.2. The van der Waals surface area contributed by atoms with Gasteiger partial charge in [-0.05, 0) is 198 Å². The molecule has 0 aliphatic rings. The lowest BCUT2D eigenvalue weighted by Gasteiger charge is -2.36. The third kappa shape index (κ3) is 16.3. The van der Waals surface area contributed by atoms with Gasteiger partial charge in [0.1, 0.15) is 6.07 Å². The molecule has 3 heterocycles. The van der Waals surface area contributed by atoms with E-state index in [1.165, 1.54) is 57.1 Å². The zero-order valence-corrected chi connectivity index (χ0v) is 81.3. The van der Waals surface area contributed by atoms with Crippen molar-refractivity contribution in [3.05, 3.63) is 579 Å². The van der Waals surface area contributed by atoms with Crippen LogP contribution in [0.5, 0.6) is 0 Å². The van der Waals surface area contributed by atoms with E-state index in [2.05, 4.69) is 477 Å². The second kappa shape index (κ2) is 40.2. The van der Waals surface area contributed by atoms with Crippen LogP contribution in [0, 0.1) is 53.7 Å². The maximum absolute atomic E-state index is 10.5. The number of hydrogen-bond acceptors (Lipinski definition) is 3. The molecule has 680 valence electrons. The minimum Gasteiger partial charge on any atom is -0.319 e. The summed E-state index contributed by atoms with van der Waals surface area (Å²) in [6, 6.07) is 193. The van der Waals surface area contributed by atoms with E-state index in [9.17, 15) is 15.8 Å². The zero-order chi connectivity index (χ0) is 97.5. The molecule has 0 spiro atoms. The van der Waals surface area contributed by atoms with Gasteiger partial charge in [-0.25, -0.2) is 14.5 Å². The van der Waals surface area contributed by atoms with Gasteiger partial charge < -0.3 is 13.7 Å². The van der Waals surface area contributed by atoms with Crippen molar-refractivity contribution in [1.82, 2.24) is 13.7 Å². The lowest BCUT2D eigenvalue weighted by atomic mass is 10.0. The Labute approximate surface area is 846 Å². The second-order valence-corrected chi connectivity index (χ2v) is 47.2. The van der Waals surface area contributed by atoms with Gasteiger partial charge in [-0.15, -0.1) is 0 Å². The molecule has 0 N–H and O–H groups in total. The number of aromatic nitrogens is 3. The second-order valence-electron chi connectivity index (χ2n) is 35.8. The molecule has 12 heteroatoms. The van der Waals surface area contributed by atoms with Crippen LogP contribution in [-0.2, 0) is 0 Å². The lowest BCUT2D eigenvalue weighted by molar-refractivity contribution is 1.17. The van der Waals surface area contributed by atoms with Crippen molar-refractivity contribution in [1.29, 1.82) is 15.8 Å². The standard InChI is InChI=1S/3C44H29N3Si.CH4/c1-45-34-25-29-43-40(31-34)39-20-12-13-21-42(39)47(43)44-30-33(24-28-41(44)46-2)32-22-26-38(27-23-32)48(35-14-6-3-7-15-35,36-16-8-4-9-17-36)37-18-10-5-11-19-37;1-46-35-25-27-44-41(30-35)40-22-11-12-23-43(40)47(44)42-26-24-33(28-34(42)31-45)32-14-13-21-39(29-32)48(36-15-5-2-6-16-36,37-17-7-3-8-18-37)38-19-9-4-10-20-38;45-30-32-25-27-43-40(28-32)38-21-11-13-23-42(38)47(43)41-22-12-10-20-37(41)39-26-24-33(31-46)29-44(39)48(34-14-4-1-5-15-34,35-16-6-2-7-17-35)36-18-8-3-9-19-36;/h3-31H;2-30H;1-29H;1H4. The molecule has 145 heavy (non-hydrogen) atoms. The van der Waals surface area contributed by atoms with E-state index in [1.54, 1.807) is 0 Å². The summed E-state index contributed by atoms with van der Waals surface area (Å²) in [5.41, 5.74) is 18.8. The third-order valence-corrected chi connectivity index (χ3v) is 42.6. The Morgan fingerprint density at radius 3 is 0.952 bits per heavy atom. The summed E-state index contributed by atoms with van der Waals surface area (Å²) in [6.07, 6.45) is 0. The summed E-state index contributed by atoms with van der Waals surface area (Å²) in [4.78, 5) is 11.3. The van der Waals surface area contributed by atoms with E-state index in [0.29, 0.717) is 33.8 Å². The SMILES string of the molecule is C.N#Cc1ccc(-c2ccccc2-n2c3ccccc3c3cc(C#N)ccc32)c([Si](c2ccccc2)(c2ccccc2)c2ccccc2)c1.[C-]#[N+]c1ccc2c(c1)c1ccccc1n2-c1cc(-c2ccc([Si](c3ccccc3)(c3ccccc3)c3ccccc3)cc2)ccc1[N+]#[C-].[C-]#[N+]c1ccc2c(c1)c1ccccc1n2-c1ccc(-c2cccc([Si](c3ccccc3)(c3ccccc3)c3ccccc3)c2)cc1C#N. The Balaban J connectivity index is 0.000000128. The molecule has 0 aliphatic carbocycles. The number of rotatable bonds is 18. The number of fused-ring (bicyclic) bond motifs is 9. The summed E-state index contributed by atoms with van der Waals surface area (Å²) in [5.74, 6) is 0. The molecule has 3 aromatic heterocycles. The van der Waals surface area contributed by atoms with Crippen molar-refractivity contribution in [3.8, 4) is 68.7 Å². The van der Waals surface area contributed by atoms with Crippen molar-refractivity contribution < 1.29 is 0 Å². The Bertz CT molecular complexity index is 8970. The maximum atomic E-state index is 10.5. The molecule has 0 radical (unpaired) electrons. The first-order valence-electron chi connectivity index (χ1n) is 47.9. The zero-order valence-electron chi connectivity index (χ0n) is 78.3. The first-order valence-corrected chi connectivity index (χ1v) is 53.9. The molecule has 24 aromatic rings. The smallest absolute Gasteiger partial charge is 0.210 e. The number of para-hydroxylation sites is 4. The highest BCUT2D eigenvalue weighted by atomic mass is 28.3. The molecule has 0 unspecified atom stereocenters. The van der Waals surface area contributed by atoms with Crippen molar-refractivity contribution in [2.24, 2.45) is 0 Å². The largest absolute Gasteiger partial charge is 0.319 e. The predicted octanol–water partition coefficient (Wildman–Crippen LogP) is 25.4. The Morgan fingerprint density at radius 2 is 0.524 bits per heavy atom. The van der Waals surface area contributed by atoms with Crippen molar-refractivity contribution in [2.45, 2.75) is 7.43 Å². The Kier molecular flexibility index (Phi) is 25.5. The maximum Gasteiger partial charge on any atom is 0.210 e. The molecule has 9 nitrogen and oxygen atoms in total. The van der Waals surface area contributed by atoms with Crippen molar-refractivity contribution in [3.63, 3.8) is 0 Å². The molecule has 0 fully saturated rings. The molecular formula is C133H91N9Si3. The summed E-state index contributed by atoms with van der Waals surface area (Å²) < 4.78 is 6.64. The summed E-state index contributed by atoms with van der Waals surface area (Å²) >= 11 is 0. The minimum absolute atomic E-state index is 0. The van der Waals surface area contributed by atoms with Gasteiger partial charge in [0.05, 0.1) is 98.7 Å². The van der Waals surface area contributed by atoms with E-state index < -0.39 is 24.2 Å². The van der Waals surface area contributed by atoms with Gasteiger partial charge in [-0.1, -0.05) is 438 Å². The fourth-order valence-corrected chi connectivity index (χ4v) is 36.5. The molecule has 0 saturated carbocycles. The van der Waals surface area contributed by atoms with E-state index >= 15 is 0 Å². The summed E-state index contributed by atoms with van der Waals surface area (Å²) in [5, 5.41) is 52.4. The van der Waals surface area contributed by atoms with E-state index in [0.717, 1.165) is 121 Å². The normalized spacial score (nSPS) is 11.2. The van der Waals surface area contributed by atoms with Crippen molar-refractivity contribution in [2.75, 3.05) is 0 Å². The van der Waals surface area contributed by atoms with Gasteiger partial charge in [-0.2, -0.15) is 15.8 Å².